The molecule has 1 heterocycles. The monoisotopic (exact) mass is 374 g/mol. The maximum Gasteiger partial charge on any atom is 0.419 e. The summed E-state index contributed by atoms with van der Waals surface area (Å²) in [5.41, 5.74) is 3.85. The summed E-state index contributed by atoms with van der Waals surface area (Å²) in [4.78, 5) is 23.7. The first-order valence-corrected chi connectivity index (χ1v) is 8.78. The Morgan fingerprint density at radius 3 is 2.46 bits per heavy atom. The van der Waals surface area contributed by atoms with Gasteiger partial charge in [0.1, 0.15) is 5.75 Å². The topological polar surface area (TPSA) is 73.5 Å². The van der Waals surface area contributed by atoms with E-state index in [-0.39, 0.29) is 12.5 Å². The number of nitrogens with zero attached hydrogens (tertiary/aromatic N) is 1. The van der Waals surface area contributed by atoms with Crippen molar-refractivity contribution in [2.75, 3.05) is 11.9 Å². The highest BCUT2D eigenvalue weighted by molar-refractivity contribution is 5.93. The van der Waals surface area contributed by atoms with Gasteiger partial charge in [0.05, 0.1) is 5.52 Å². The summed E-state index contributed by atoms with van der Waals surface area (Å²) in [6.07, 6.45) is 0. The van der Waals surface area contributed by atoms with Gasteiger partial charge in [-0.15, -0.1) is 0 Å². The number of aromatic nitrogens is 1. The maximum atomic E-state index is 12.2. The first kappa shape index (κ1) is 17.6. The predicted molar refractivity (Wildman–Crippen MR) is 107 cm³/mol. The molecule has 0 aliphatic rings. The zero-order valence-electron chi connectivity index (χ0n) is 15.2. The molecule has 6 heteroatoms. The Labute approximate surface area is 161 Å². The first-order valence-electron chi connectivity index (χ1n) is 8.78. The minimum atomic E-state index is -0.444. The van der Waals surface area contributed by atoms with Crippen molar-refractivity contribution < 1.29 is 13.9 Å². The van der Waals surface area contributed by atoms with Crippen molar-refractivity contribution in [1.29, 1.82) is 0 Å². The second-order valence-corrected chi connectivity index (χ2v) is 6.34. The molecule has 0 bridgehead atoms. The Kier molecular flexibility index (Phi) is 4.68. The van der Waals surface area contributed by atoms with Crippen molar-refractivity contribution in [3.8, 4) is 16.9 Å². The van der Waals surface area contributed by atoms with Crippen molar-refractivity contribution >= 4 is 22.7 Å². The third-order valence-electron chi connectivity index (χ3n) is 4.41. The molecule has 0 unspecified atom stereocenters. The first-order chi connectivity index (χ1) is 13.6. The normalized spacial score (nSPS) is 10.8. The Morgan fingerprint density at radius 1 is 1.00 bits per heavy atom. The number of fused-ring (bicyclic) bond motifs is 1. The molecule has 28 heavy (non-hydrogen) atoms. The second kappa shape index (κ2) is 7.44. The molecule has 1 amide bonds. The van der Waals surface area contributed by atoms with E-state index in [1.54, 1.807) is 25.2 Å². The van der Waals surface area contributed by atoms with Crippen molar-refractivity contribution in [2.24, 2.45) is 7.05 Å². The van der Waals surface area contributed by atoms with E-state index >= 15 is 0 Å². The minimum Gasteiger partial charge on any atom is -0.484 e. The summed E-state index contributed by atoms with van der Waals surface area (Å²) in [6.45, 7) is -0.118. The number of benzene rings is 3. The lowest BCUT2D eigenvalue weighted by atomic mass is 10.1. The van der Waals surface area contributed by atoms with E-state index in [1.165, 1.54) is 4.57 Å². The molecule has 4 aromatic rings. The Hall–Kier alpha value is -3.80. The number of nitrogens with one attached hydrogen (secondary N) is 1. The third-order valence-corrected chi connectivity index (χ3v) is 4.41. The van der Waals surface area contributed by atoms with E-state index in [1.807, 2.05) is 54.6 Å². The van der Waals surface area contributed by atoms with Gasteiger partial charge in [0, 0.05) is 12.7 Å². The van der Waals surface area contributed by atoms with Crippen LogP contribution < -0.4 is 15.8 Å². The number of rotatable bonds is 5. The fourth-order valence-corrected chi connectivity index (χ4v) is 2.92. The molecule has 0 radical (unpaired) electrons. The average Bonchev–Trinajstić information content (AvgIpc) is 3.01. The number of carbonyl (C=O) groups is 1. The van der Waals surface area contributed by atoms with Crippen LogP contribution in [0.5, 0.6) is 5.75 Å². The van der Waals surface area contributed by atoms with Gasteiger partial charge in [-0.05, 0) is 41.5 Å². The van der Waals surface area contributed by atoms with Crippen molar-refractivity contribution in [3.05, 3.63) is 83.3 Å². The number of hydrogen-bond donors (Lipinski definition) is 1. The average molecular weight is 374 g/mol. The largest absolute Gasteiger partial charge is 0.484 e. The van der Waals surface area contributed by atoms with E-state index in [0.29, 0.717) is 22.5 Å². The summed E-state index contributed by atoms with van der Waals surface area (Å²) >= 11 is 0. The van der Waals surface area contributed by atoms with Crippen LogP contribution in [0.2, 0.25) is 0 Å². The van der Waals surface area contributed by atoms with Crippen LogP contribution in [0.3, 0.4) is 0 Å². The molecule has 3 aromatic carbocycles. The lowest BCUT2D eigenvalue weighted by Gasteiger charge is -2.08. The minimum absolute atomic E-state index is 0.118. The molecule has 0 atom stereocenters. The molecule has 0 saturated carbocycles. The molecule has 0 fully saturated rings. The highest BCUT2D eigenvalue weighted by atomic mass is 16.5. The van der Waals surface area contributed by atoms with Crippen LogP contribution in [0, 0.1) is 0 Å². The van der Waals surface area contributed by atoms with Gasteiger partial charge in [0.2, 0.25) is 0 Å². The standard InChI is InChI=1S/C22H18N2O4/c1-24-19-13-17(9-12-20(19)28-22(24)26)23-21(25)14-27-18-10-7-16(8-11-18)15-5-3-2-4-6-15/h2-13H,14H2,1H3,(H,23,25). The second-order valence-electron chi connectivity index (χ2n) is 6.34. The Balaban J connectivity index is 1.38. The number of anilines is 1. The number of amides is 1. The number of ether oxygens (including phenoxy) is 1. The van der Waals surface area contributed by atoms with Crippen molar-refractivity contribution in [2.45, 2.75) is 0 Å². The highest BCUT2D eigenvalue weighted by Gasteiger charge is 2.09. The molecule has 0 saturated heterocycles. The van der Waals surface area contributed by atoms with Crippen LogP contribution in [-0.4, -0.2) is 17.1 Å². The fraction of sp³-hybridized carbons (Fsp3) is 0.0909. The van der Waals surface area contributed by atoms with Gasteiger partial charge in [-0.2, -0.15) is 0 Å². The van der Waals surface area contributed by atoms with Crippen LogP contribution in [0.4, 0.5) is 5.69 Å². The molecule has 1 aromatic heterocycles. The molecule has 140 valence electrons. The van der Waals surface area contributed by atoms with Crippen molar-refractivity contribution in [3.63, 3.8) is 0 Å². The van der Waals surface area contributed by atoms with Gasteiger partial charge in [0.25, 0.3) is 5.91 Å². The zero-order valence-corrected chi connectivity index (χ0v) is 15.2. The highest BCUT2D eigenvalue weighted by Crippen LogP contribution is 2.22. The summed E-state index contributed by atoms with van der Waals surface area (Å²) in [7, 11) is 1.61. The Morgan fingerprint density at radius 2 is 1.71 bits per heavy atom. The van der Waals surface area contributed by atoms with Crippen molar-refractivity contribution in [1.82, 2.24) is 4.57 Å². The molecule has 0 spiro atoms. The number of carbonyl (C=O) groups excluding carboxylic acids is 1. The van der Waals surface area contributed by atoms with Crippen LogP contribution in [0.25, 0.3) is 22.2 Å². The van der Waals surface area contributed by atoms with Crippen LogP contribution >= 0.6 is 0 Å². The predicted octanol–water partition coefficient (Wildman–Crippen LogP) is 3.82. The van der Waals surface area contributed by atoms with E-state index in [0.717, 1.165) is 11.1 Å². The maximum absolute atomic E-state index is 12.2. The summed E-state index contributed by atoms with van der Waals surface area (Å²) in [5.74, 6) is -0.122. The molecular weight excluding hydrogens is 356 g/mol. The van der Waals surface area contributed by atoms with Crippen LogP contribution in [0.1, 0.15) is 0 Å². The van der Waals surface area contributed by atoms with E-state index in [4.69, 9.17) is 9.15 Å². The SMILES string of the molecule is Cn1c(=O)oc2ccc(NC(=O)COc3ccc(-c4ccccc4)cc3)cc21. The van der Waals surface area contributed by atoms with Gasteiger partial charge in [-0.25, -0.2) is 4.79 Å². The lowest BCUT2D eigenvalue weighted by Crippen LogP contribution is -2.20. The zero-order chi connectivity index (χ0) is 19.5. The van der Waals surface area contributed by atoms with E-state index < -0.39 is 5.76 Å². The Bertz CT molecular complexity index is 1170. The fourth-order valence-electron chi connectivity index (χ4n) is 2.92. The molecule has 1 N–H and O–H groups in total. The summed E-state index contributed by atoms with van der Waals surface area (Å²) < 4.78 is 12.0. The summed E-state index contributed by atoms with van der Waals surface area (Å²) in [5, 5.41) is 2.76. The van der Waals surface area contributed by atoms with Gasteiger partial charge in [-0.3, -0.25) is 9.36 Å². The van der Waals surface area contributed by atoms with Gasteiger partial charge in [-0.1, -0.05) is 42.5 Å². The molecular formula is C22H18N2O4. The van der Waals surface area contributed by atoms with Crippen LogP contribution in [0.15, 0.2) is 82.0 Å². The number of hydrogen-bond acceptors (Lipinski definition) is 4. The summed E-state index contributed by atoms with van der Waals surface area (Å²) in [6, 6.07) is 22.6. The third kappa shape index (κ3) is 3.66. The molecule has 4 rings (SSSR count). The quantitative estimate of drug-likeness (QED) is 0.576. The number of aryl methyl sites for hydroxylation is 1. The van der Waals surface area contributed by atoms with Gasteiger partial charge >= 0.3 is 5.76 Å². The smallest absolute Gasteiger partial charge is 0.419 e. The molecule has 0 aliphatic heterocycles. The van der Waals surface area contributed by atoms with E-state index in [2.05, 4.69) is 5.32 Å². The molecule has 0 aliphatic carbocycles. The van der Waals surface area contributed by atoms with Gasteiger partial charge < -0.3 is 14.5 Å². The van der Waals surface area contributed by atoms with Crippen LogP contribution in [-0.2, 0) is 11.8 Å². The van der Waals surface area contributed by atoms with Gasteiger partial charge in [0.15, 0.2) is 12.2 Å². The number of oxazole rings is 1. The van der Waals surface area contributed by atoms with E-state index in [9.17, 15) is 9.59 Å². The lowest BCUT2D eigenvalue weighted by molar-refractivity contribution is -0.118. The molecule has 6 nitrogen and oxygen atoms in total.